The van der Waals surface area contributed by atoms with Gasteiger partial charge < -0.3 is 19.2 Å². The molecule has 0 radical (unpaired) electrons. The summed E-state index contributed by atoms with van der Waals surface area (Å²) in [4.78, 5) is 20.1. The summed E-state index contributed by atoms with van der Waals surface area (Å²) in [6.45, 7) is -1.22. The zero-order valence-electron chi connectivity index (χ0n) is 39.6. The first-order valence-corrected chi connectivity index (χ1v) is 24.1. The zero-order valence-corrected chi connectivity index (χ0v) is 39.6. The second kappa shape index (κ2) is 19.1. The van der Waals surface area contributed by atoms with Gasteiger partial charge in [-0.25, -0.2) is 9.97 Å². The quantitative estimate of drug-likeness (QED) is 0.132. The van der Waals surface area contributed by atoms with Gasteiger partial charge in [0.25, 0.3) is 0 Å². The monoisotopic (exact) mass is 950 g/mol. The van der Waals surface area contributed by atoms with E-state index in [1.807, 2.05) is 146 Å². The van der Waals surface area contributed by atoms with Crippen molar-refractivity contribution in [3.8, 4) is 46.2 Å². The van der Waals surface area contributed by atoms with Crippen molar-refractivity contribution < 1.29 is 10.2 Å². The van der Waals surface area contributed by atoms with Gasteiger partial charge in [0.1, 0.15) is 46.2 Å². The van der Waals surface area contributed by atoms with Crippen LogP contribution < -0.4 is 32.5 Å². The lowest BCUT2D eigenvalue weighted by molar-refractivity contribution is 0.475. The van der Waals surface area contributed by atoms with E-state index in [9.17, 15) is 20.7 Å². The van der Waals surface area contributed by atoms with Crippen molar-refractivity contribution in [3.05, 3.63) is 253 Å². The van der Waals surface area contributed by atoms with Gasteiger partial charge in [-0.2, -0.15) is 10.5 Å². The Morgan fingerprint density at radius 3 is 0.986 bits per heavy atom. The maximum atomic E-state index is 12.1. The molecule has 8 aromatic carbocycles. The second-order valence-electron chi connectivity index (χ2n) is 17.9. The molecule has 0 aliphatic heterocycles. The first kappa shape index (κ1) is 44.9. The number of aromatic nitrogens is 6. The molecule has 0 aliphatic rings. The summed E-state index contributed by atoms with van der Waals surface area (Å²) >= 11 is 0. The van der Waals surface area contributed by atoms with E-state index >= 15 is 0 Å². The van der Waals surface area contributed by atoms with Crippen LogP contribution in [0.15, 0.2) is 231 Å². The predicted molar refractivity (Wildman–Crippen MR) is 295 cm³/mol. The van der Waals surface area contributed by atoms with E-state index < -0.39 is 13.7 Å². The molecule has 0 spiro atoms. The third kappa shape index (κ3) is 7.90. The summed E-state index contributed by atoms with van der Waals surface area (Å²) in [7, 11) is 0. The minimum atomic E-state index is -0.612. The van der Waals surface area contributed by atoms with Crippen LogP contribution in [-0.2, 0) is 0 Å². The Morgan fingerprint density at radius 1 is 0.378 bits per heavy atom. The van der Waals surface area contributed by atoms with Gasteiger partial charge in [-0.05, 0) is 83.9 Å². The van der Waals surface area contributed by atoms with Crippen molar-refractivity contribution in [2.45, 2.75) is 0 Å². The Hall–Kier alpha value is -10.3. The zero-order chi connectivity index (χ0) is 50.1. The molecule has 4 aromatic heterocycles. The topological polar surface area (TPSA) is 149 Å². The number of hydrogen-bond acceptors (Lipinski definition) is 8. The number of hydrogen-bond donors (Lipinski definition) is 2. The molecule has 12 aromatic rings. The van der Waals surface area contributed by atoms with Gasteiger partial charge in [-0.3, -0.25) is 9.97 Å². The van der Waals surface area contributed by atoms with Crippen LogP contribution in [0.3, 0.4) is 0 Å². The van der Waals surface area contributed by atoms with Gasteiger partial charge in [0, 0.05) is 22.2 Å². The van der Waals surface area contributed by atoms with E-state index in [1.54, 1.807) is 36.7 Å². The lowest BCUT2D eigenvalue weighted by Crippen LogP contribution is -2.54. The highest BCUT2D eigenvalue weighted by Gasteiger charge is 2.37. The predicted octanol–water partition coefficient (Wildman–Crippen LogP) is 7.83. The molecular weight excluding hydrogens is 910 g/mol. The summed E-state index contributed by atoms with van der Waals surface area (Å²) < 4.78 is 4.41. The summed E-state index contributed by atoms with van der Waals surface area (Å²) in [5, 5.41) is 48.5. The summed E-state index contributed by atoms with van der Waals surface area (Å²) in [5.74, 6) is 0.126. The maximum Gasteiger partial charge on any atom is 0.328 e. The third-order valence-corrected chi connectivity index (χ3v) is 13.5. The van der Waals surface area contributed by atoms with Crippen molar-refractivity contribution >= 4 is 79.5 Å². The number of fused-ring (bicyclic) bond motifs is 3. The Kier molecular flexibility index (Phi) is 11.6. The maximum absolute atomic E-state index is 12.1. The molecule has 74 heavy (non-hydrogen) atoms. The summed E-state index contributed by atoms with van der Waals surface area (Å²) in [5.41, 5.74) is 9.97. The average Bonchev–Trinajstić information content (AvgIpc) is 3.98. The van der Waals surface area contributed by atoms with E-state index in [0.717, 1.165) is 21.9 Å². The molecule has 0 saturated carbocycles. The van der Waals surface area contributed by atoms with E-state index in [-0.39, 0.29) is 22.6 Å². The van der Waals surface area contributed by atoms with Gasteiger partial charge in [0.2, 0.25) is 0 Å². The van der Waals surface area contributed by atoms with E-state index in [2.05, 4.69) is 69.6 Å². The van der Waals surface area contributed by atoms with E-state index in [4.69, 9.17) is 19.9 Å². The van der Waals surface area contributed by atoms with Crippen LogP contribution >= 0.6 is 0 Å². The fourth-order valence-corrected chi connectivity index (χ4v) is 10.4. The third-order valence-electron chi connectivity index (χ3n) is 13.5. The highest BCUT2D eigenvalue weighted by atomic mass is 16.3. The number of benzene rings is 8. The Morgan fingerprint density at radius 2 is 0.676 bits per heavy atom. The van der Waals surface area contributed by atoms with Crippen molar-refractivity contribution in [1.29, 1.82) is 10.5 Å². The number of nitrogens with zero attached hydrogens (tertiary/aromatic N) is 8. The number of rotatable bonds is 10. The number of phenols is 2. The molecule has 346 valence electrons. The minimum absolute atomic E-state index is 0.0632. The number of nitriles is 2. The Labute approximate surface area is 426 Å². The fourth-order valence-electron chi connectivity index (χ4n) is 10.4. The smallest absolute Gasteiger partial charge is 0.328 e. The largest absolute Gasteiger partial charge is 0.508 e. The van der Waals surface area contributed by atoms with Crippen molar-refractivity contribution in [3.63, 3.8) is 0 Å². The molecule has 0 bridgehead atoms. The van der Waals surface area contributed by atoms with Crippen LogP contribution in [0, 0.1) is 22.7 Å². The van der Waals surface area contributed by atoms with E-state index in [0.29, 0.717) is 77.4 Å². The highest BCUT2D eigenvalue weighted by molar-refractivity contribution is 6.85. The van der Waals surface area contributed by atoms with Crippen molar-refractivity contribution in [1.82, 2.24) is 28.9 Å². The Balaban J connectivity index is 1.45. The molecule has 0 aliphatic carbocycles. The van der Waals surface area contributed by atoms with Gasteiger partial charge in [0.15, 0.2) is 0 Å². The molecule has 12 heteroatoms. The standard InChI is InChI=1S/C62H40B2N8O2/c65-37-49(55-39-67-51-25-13-15-27-53(51)69-55)61-58-57(59(41-29-33-47(73)34-30-41)71(61)63(43-17-5-1-6-18-43)44-19-7-2-8-20-44)62(50(38-66)56-40-68-52-26-14-16-28-54(52)70-56)72(60(58)42-31-35-48(74)36-32-42)64(45-21-9-3-10-22-45)46-23-11-4-12-24-46/h1-36,39-40,73-74H/b61-49-,62-50-. The number of aromatic hydroxyl groups is 2. The minimum Gasteiger partial charge on any atom is -0.508 e. The van der Waals surface area contributed by atoms with Crippen molar-refractivity contribution in [2.75, 3.05) is 0 Å². The van der Waals surface area contributed by atoms with Crippen LogP contribution in [0.1, 0.15) is 11.4 Å². The molecule has 0 atom stereocenters. The van der Waals surface area contributed by atoms with Gasteiger partial charge in [0.05, 0.1) is 45.2 Å². The van der Waals surface area contributed by atoms with Crippen molar-refractivity contribution in [2.24, 2.45) is 0 Å². The molecular formula is C62H40B2N8O2. The van der Waals surface area contributed by atoms with Gasteiger partial charge in [-0.1, -0.05) is 167 Å². The lowest BCUT2D eigenvalue weighted by Gasteiger charge is -2.24. The molecule has 4 heterocycles. The molecule has 2 N–H and O–H groups in total. The van der Waals surface area contributed by atoms with E-state index in [1.165, 1.54) is 0 Å². The van der Waals surface area contributed by atoms with Crippen LogP contribution in [0.5, 0.6) is 11.5 Å². The Bertz CT molecular complexity index is 3930. The van der Waals surface area contributed by atoms with Crippen LogP contribution in [0.4, 0.5) is 0 Å². The second-order valence-corrected chi connectivity index (χ2v) is 17.9. The van der Waals surface area contributed by atoms with Crippen LogP contribution in [0.2, 0.25) is 0 Å². The molecule has 10 nitrogen and oxygen atoms in total. The average molecular weight is 951 g/mol. The van der Waals surface area contributed by atoms with Crippen LogP contribution in [-0.4, -0.2) is 52.8 Å². The summed E-state index contributed by atoms with van der Waals surface area (Å²) in [6, 6.07) is 75.2. The lowest BCUT2D eigenvalue weighted by atomic mass is 9.50. The van der Waals surface area contributed by atoms with Crippen LogP contribution in [0.25, 0.3) is 66.5 Å². The molecule has 12 rings (SSSR count). The number of phenolic OH excluding ortho intramolecular Hbond substituents is 2. The molecule has 0 fully saturated rings. The summed E-state index contributed by atoms with van der Waals surface area (Å²) in [6.07, 6.45) is 3.30. The fraction of sp³-hybridized carbons (Fsp3) is 0. The first-order chi connectivity index (χ1) is 36.5. The number of para-hydroxylation sites is 4. The van der Waals surface area contributed by atoms with Gasteiger partial charge in [-0.15, -0.1) is 0 Å². The highest BCUT2D eigenvalue weighted by Crippen LogP contribution is 2.37. The first-order valence-electron chi connectivity index (χ1n) is 24.1. The van der Waals surface area contributed by atoms with Gasteiger partial charge >= 0.3 is 13.7 Å². The SMILES string of the molecule is N#C/C(c1cnc2ccccc2n1)=c1\c2c(-c3ccc(O)cc3)n(B(c3ccccc3)c3ccccc3)/c(=C(/C#N)c3cnc4ccccc4n3)c2c(-c2ccc(O)cc2)n1B(c1ccccc1)c1ccccc1. The molecule has 0 amide bonds. The normalized spacial score (nSPS) is 12.0. The molecule has 0 unspecified atom stereocenters. The molecule has 0 saturated heterocycles.